The fourth-order valence-corrected chi connectivity index (χ4v) is 3.75. The summed E-state index contributed by atoms with van der Waals surface area (Å²) in [6.45, 7) is 5.02. The summed E-state index contributed by atoms with van der Waals surface area (Å²) < 4.78 is 27.6. The molecule has 0 radical (unpaired) electrons. The lowest BCUT2D eigenvalue weighted by Crippen LogP contribution is -2.49. The van der Waals surface area contributed by atoms with Gasteiger partial charge in [-0.3, -0.25) is 9.59 Å². The number of hydrogen-bond donors (Lipinski definition) is 0. The maximum Gasteiger partial charge on any atom is 0.325 e. The number of ether oxygens (including phenoxy) is 1. The third-order valence-electron chi connectivity index (χ3n) is 3.08. The summed E-state index contributed by atoms with van der Waals surface area (Å²) in [5.74, 6) is -0.791. The number of sulfone groups is 1. The van der Waals surface area contributed by atoms with Crippen molar-refractivity contribution in [1.82, 2.24) is 4.90 Å². The topological polar surface area (TPSA) is 80.8 Å². The van der Waals surface area contributed by atoms with Crippen molar-refractivity contribution in [2.24, 2.45) is 5.41 Å². The predicted octanol–water partition coefficient (Wildman–Crippen LogP) is 0.221. The van der Waals surface area contributed by atoms with E-state index < -0.39 is 27.3 Å². The summed E-state index contributed by atoms with van der Waals surface area (Å²) in [4.78, 5) is 25.1. The van der Waals surface area contributed by atoms with Crippen molar-refractivity contribution in [3.63, 3.8) is 0 Å². The van der Waals surface area contributed by atoms with E-state index in [1.165, 1.54) is 12.0 Å². The average Bonchev–Trinajstić information content (AvgIpc) is 2.63. The van der Waals surface area contributed by atoms with Crippen LogP contribution < -0.4 is 0 Å². The Morgan fingerprint density at radius 1 is 1.32 bits per heavy atom. The number of rotatable bonds is 3. The van der Waals surface area contributed by atoms with E-state index in [2.05, 4.69) is 4.74 Å². The van der Waals surface area contributed by atoms with E-state index in [-0.39, 0.29) is 24.0 Å². The van der Waals surface area contributed by atoms with Crippen molar-refractivity contribution < 1.29 is 22.7 Å². The monoisotopic (exact) mass is 291 g/mol. The first-order valence-corrected chi connectivity index (χ1v) is 7.97. The molecule has 1 aliphatic rings. The lowest BCUT2D eigenvalue weighted by molar-refractivity contribution is -0.151. The van der Waals surface area contributed by atoms with Gasteiger partial charge in [-0.1, -0.05) is 20.8 Å². The number of carbonyl (C=O) groups is 2. The zero-order valence-corrected chi connectivity index (χ0v) is 12.6. The van der Waals surface area contributed by atoms with Crippen LogP contribution in [0, 0.1) is 5.41 Å². The Kier molecular flexibility index (Phi) is 4.60. The van der Waals surface area contributed by atoms with Crippen LogP contribution in [-0.4, -0.2) is 56.4 Å². The first kappa shape index (κ1) is 15.9. The van der Waals surface area contributed by atoms with E-state index >= 15 is 0 Å². The van der Waals surface area contributed by atoms with Gasteiger partial charge in [-0.05, 0) is 6.42 Å². The molecule has 0 aromatic heterocycles. The van der Waals surface area contributed by atoms with Gasteiger partial charge >= 0.3 is 5.97 Å². The van der Waals surface area contributed by atoms with E-state index in [9.17, 15) is 18.0 Å². The van der Waals surface area contributed by atoms with Gasteiger partial charge in [-0.15, -0.1) is 0 Å². The molecule has 0 unspecified atom stereocenters. The van der Waals surface area contributed by atoms with E-state index in [0.717, 1.165) is 0 Å². The summed E-state index contributed by atoms with van der Waals surface area (Å²) in [6, 6.07) is -0.434. The molecule has 1 aliphatic heterocycles. The van der Waals surface area contributed by atoms with Crippen LogP contribution >= 0.6 is 0 Å². The fraction of sp³-hybridized carbons (Fsp3) is 0.833. The Bertz CT molecular complexity index is 463. The molecule has 0 aromatic rings. The molecule has 1 rings (SSSR count). The van der Waals surface area contributed by atoms with Gasteiger partial charge in [0.1, 0.15) is 6.54 Å². The maximum atomic E-state index is 12.3. The molecule has 7 heteroatoms. The average molecular weight is 291 g/mol. The van der Waals surface area contributed by atoms with Gasteiger partial charge < -0.3 is 9.64 Å². The second kappa shape index (κ2) is 5.48. The third kappa shape index (κ3) is 4.19. The summed E-state index contributed by atoms with van der Waals surface area (Å²) in [5.41, 5.74) is -0.666. The van der Waals surface area contributed by atoms with E-state index in [0.29, 0.717) is 6.42 Å². The number of hydrogen-bond acceptors (Lipinski definition) is 5. The Labute approximate surface area is 114 Å². The second-order valence-electron chi connectivity index (χ2n) is 5.82. The maximum absolute atomic E-state index is 12.3. The van der Waals surface area contributed by atoms with Crippen LogP contribution in [0.2, 0.25) is 0 Å². The van der Waals surface area contributed by atoms with Crippen molar-refractivity contribution in [2.75, 3.05) is 25.2 Å². The van der Waals surface area contributed by atoms with Crippen LogP contribution in [-0.2, 0) is 24.2 Å². The number of methoxy groups -OCH3 is 1. The van der Waals surface area contributed by atoms with E-state index in [1.807, 2.05) is 0 Å². The molecule has 0 spiro atoms. The highest BCUT2D eigenvalue weighted by atomic mass is 32.2. The lowest BCUT2D eigenvalue weighted by atomic mass is 9.93. The Morgan fingerprint density at radius 3 is 2.26 bits per heavy atom. The van der Waals surface area contributed by atoms with Crippen LogP contribution in [0.25, 0.3) is 0 Å². The molecule has 1 fully saturated rings. The van der Waals surface area contributed by atoms with E-state index in [1.54, 1.807) is 20.8 Å². The van der Waals surface area contributed by atoms with Gasteiger partial charge in [0.2, 0.25) is 5.91 Å². The van der Waals surface area contributed by atoms with Crippen LogP contribution in [0.3, 0.4) is 0 Å². The highest BCUT2D eigenvalue weighted by molar-refractivity contribution is 7.91. The molecule has 0 aliphatic carbocycles. The molecule has 1 heterocycles. The first-order valence-electron chi connectivity index (χ1n) is 6.15. The van der Waals surface area contributed by atoms with Gasteiger partial charge in [-0.2, -0.15) is 0 Å². The largest absolute Gasteiger partial charge is 0.468 e. The van der Waals surface area contributed by atoms with Crippen molar-refractivity contribution in [1.29, 1.82) is 0 Å². The predicted molar refractivity (Wildman–Crippen MR) is 70.2 cm³/mol. The molecule has 110 valence electrons. The third-order valence-corrected chi connectivity index (χ3v) is 4.83. The van der Waals surface area contributed by atoms with Gasteiger partial charge in [0.25, 0.3) is 0 Å². The molecule has 19 heavy (non-hydrogen) atoms. The highest BCUT2D eigenvalue weighted by Gasteiger charge is 2.39. The van der Waals surface area contributed by atoms with Crippen LogP contribution in [0.4, 0.5) is 0 Å². The highest BCUT2D eigenvalue weighted by Crippen LogP contribution is 2.24. The smallest absolute Gasteiger partial charge is 0.325 e. The van der Waals surface area contributed by atoms with Crippen molar-refractivity contribution in [3.05, 3.63) is 0 Å². The van der Waals surface area contributed by atoms with Crippen LogP contribution in [0.15, 0.2) is 0 Å². The molecule has 1 atom stereocenters. The lowest BCUT2D eigenvalue weighted by Gasteiger charge is -2.32. The Hall–Kier alpha value is -1.11. The fourth-order valence-electron chi connectivity index (χ4n) is 2.02. The molecule has 0 saturated carbocycles. The van der Waals surface area contributed by atoms with Crippen LogP contribution in [0.5, 0.6) is 0 Å². The van der Waals surface area contributed by atoms with Crippen molar-refractivity contribution in [3.8, 4) is 0 Å². The zero-order valence-electron chi connectivity index (χ0n) is 11.8. The van der Waals surface area contributed by atoms with E-state index in [4.69, 9.17) is 0 Å². The summed E-state index contributed by atoms with van der Waals surface area (Å²) in [5, 5.41) is 0. The molecule has 1 saturated heterocycles. The summed E-state index contributed by atoms with van der Waals surface area (Å²) in [7, 11) is -1.86. The number of amides is 1. The van der Waals surface area contributed by atoms with Crippen LogP contribution in [0.1, 0.15) is 27.2 Å². The van der Waals surface area contributed by atoms with Gasteiger partial charge in [0.05, 0.1) is 18.6 Å². The minimum atomic E-state index is -3.11. The van der Waals surface area contributed by atoms with Gasteiger partial charge in [-0.25, -0.2) is 8.42 Å². The standard InChI is InChI=1S/C12H21NO5S/c1-12(2,3)11(15)13(7-10(14)18-4)9-5-6-19(16,17)8-9/h9H,5-8H2,1-4H3/t9-/m1/s1. The zero-order chi connectivity index (χ0) is 14.8. The molecular formula is C12H21NO5S. The summed E-state index contributed by atoms with van der Waals surface area (Å²) >= 11 is 0. The van der Waals surface area contributed by atoms with Gasteiger partial charge in [0, 0.05) is 11.5 Å². The molecule has 0 aromatic carbocycles. The van der Waals surface area contributed by atoms with Gasteiger partial charge in [0.15, 0.2) is 9.84 Å². The molecule has 6 nitrogen and oxygen atoms in total. The first-order chi connectivity index (χ1) is 8.57. The molecular weight excluding hydrogens is 270 g/mol. The molecule has 0 bridgehead atoms. The Balaban J connectivity index is 2.94. The minimum Gasteiger partial charge on any atom is -0.468 e. The minimum absolute atomic E-state index is 0.0623. The van der Waals surface area contributed by atoms with Crippen molar-refractivity contribution in [2.45, 2.75) is 33.2 Å². The quantitative estimate of drug-likeness (QED) is 0.695. The van der Waals surface area contributed by atoms with Crippen molar-refractivity contribution >= 4 is 21.7 Å². The second-order valence-corrected chi connectivity index (χ2v) is 8.04. The molecule has 1 amide bonds. The number of nitrogens with zero attached hydrogens (tertiary/aromatic N) is 1. The normalized spacial score (nSPS) is 22.0. The Morgan fingerprint density at radius 2 is 1.89 bits per heavy atom. The number of esters is 1. The SMILES string of the molecule is COC(=O)CN(C(=O)C(C)(C)C)[C@@H]1CCS(=O)(=O)C1. The number of carbonyl (C=O) groups excluding carboxylic acids is 2. The summed E-state index contributed by atoms with van der Waals surface area (Å²) in [6.07, 6.45) is 0.376. The molecule has 0 N–H and O–H groups in total.